The lowest BCUT2D eigenvalue weighted by Gasteiger charge is -2.50. The van der Waals surface area contributed by atoms with Crippen LogP contribution in [0.2, 0.25) is 0 Å². The van der Waals surface area contributed by atoms with Gasteiger partial charge < -0.3 is 9.63 Å². The molecule has 5 atom stereocenters. The highest BCUT2D eigenvalue weighted by molar-refractivity contribution is 7.46. The van der Waals surface area contributed by atoms with Gasteiger partial charge in [0.15, 0.2) is 0 Å². The molecule has 0 amide bonds. The molecular formula is C18H25O5P. The molecular weight excluding hydrogens is 327 g/mol. The summed E-state index contributed by atoms with van der Waals surface area (Å²) in [5.74, 6) is 1.95. The number of rotatable bonds is 2. The predicted octanol–water partition coefficient (Wildman–Crippen LogP) is 3.38. The quantitative estimate of drug-likeness (QED) is 0.711. The van der Waals surface area contributed by atoms with Gasteiger partial charge in [-0.25, -0.2) is 4.57 Å². The fraction of sp³-hybridized carbons (Fsp3) is 0.667. The van der Waals surface area contributed by atoms with Gasteiger partial charge in [-0.05, 0) is 85.0 Å². The summed E-state index contributed by atoms with van der Waals surface area (Å²) in [5.41, 5.74) is 2.54. The molecule has 132 valence electrons. The number of aryl methyl sites for hydroxylation is 1. The normalized spacial score (nSPS) is 38.2. The first kappa shape index (κ1) is 16.6. The Morgan fingerprint density at radius 1 is 1.21 bits per heavy atom. The Morgan fingerprint density at radius 2 is 2.00 bits per heavy atom. The van der Waals surface area contributed by atoms with Crippen LogP contribution in [0.25, 0.3) is 0 Å². The summed E-state index contributed by atoms with van der Waals surface area (Å²) in [6.45, 7) is 2.26. The van der Waals surface area contributed by atoms with Crippen LogP contribution in [0.5, 0.6) is 5.75 Å². The maximum absolute atomic E-state index is 11.0. The van der Waals surface area contributed by atoms with E-state index in [0.717, 1.165) is 44.1 Å². The van der Waals surface area contributed by atoms with Crippen molar-refractivity contribution >= 4 is 7.82 Å². The highest BCUT2D eigenvalue weighted by Crippen LogP contribution is 2.61. The van der Waals surface area contributed by atoms with Crippen molar-refractivity contribution < 1.29 is 24.0 Å². The maximum atomic E-state index is 11.0. The zero-order valence-corrected chi connectivity index (χ0v) is 14.8. The Kier molecular flexibility index (Phi) is 3.85. The zero-order chi connectivity index (χ0) is 17.1. The first-order valence-corrected chi connectivity index (χ1v) is 10.4. The summed E-state index contributed by atoms with van der Waals surface area (Å²) < 4.78 is 15.8. The number of fused-ring (bicyclic) bond motifs is 5. The molecule has 0 aromatic heterocycles. The van der Waals surface area contributed by atoms with Crippen molar-refractivity contribution in [1.82, 2.24) is 0 Å². The van der Waals surface area contributed by atoms with Gasteiger partial charge in [0, 0.05) is 0 Å². The van der Waals surface area contributed by atoms with Crippen LogP contribution in [-0.2, 0) is 11.0 Å². The van der Waals surface area contributed by atoms with Crippen molar-refractivity contribution in [2.24, 2.45) is 17.3 Å². The van der Waals surface area contributed by atoms with E-state index in [-0.39, 0.29) is 17.3 Å². The molecule has 3 aliphatic carbocycles. The second kappa shape index (κ2) is 5.57. The number of benzene rings is 1. The molecule has 0 aliphatic heterocycles. The van der Waals surface area contributed by atoms with Crippen LogP contribution in [0.4, 0.5) is 0 Å². The first-order chi connectivity index (χ1) is 11.3. The molecule has 3 aliphatic rings. The molecule has 1 aromatic rings. The van der Waals surface area contributed by atoms with Gasteiger partial charge in [0.1, 0.15) is 5.75 Å². The lowest BCUT2D eigenvalue weighted by molar-refractivity contribution is -0.0226. The molecule has 0 radical (unpaired) electrons. The van der Waals surface area contributed by atoms with E-state index >= 15 is 0 Å². The molecule has 0 spiro atoms. The smallest absolute Gasteiger partial charge is 0.404 e. The van der Waals surface area contributed by atoms with E-state index in [1.165, 1.54) is 5.56 Å². The molecule has 2 saturated carbocycles. The average molecular weight is 352 g/mol. The Hall–Kier alpha value is -0.870. The van der Waals surface area contributed by atoms with Crippen molar-refractivity contribution in [2.75, 3.05) is 0 Å². The van der Waals surface area contributed by atoms with E-state index in [1.807, 2.05) is 6.07 Å². The third kappa shape index (κ3) is 2.62. The van der Waals surface area contributed by atoms with Gasteiger partial charge >= 0.3 is 7.82 Å². The van der Waals surface area contributed by atoms with Crippen molar-refractivity contribution in [3.63, 3.8) is 0 Å². The maximum Gasteiger partial charge on any atom is 0.524 e. The van der Waals surface area contributed by atoms with E-state index < -0.39 is 7.82 Å². The van der Waals surface area contributed by atoms with Crippen molar-refractivity contribution in [1.29, 1.82) is 0 Å². The first-order valence-electron chi connectivity index (χ1n) is 8.84. The van der Waals surface area contributed by atoms with Gasteiger partial charge in [-0.15, -0.1) is 0 Å². The Bertz CT molecular complexity index is 699. The fourth-order valence-corrected chi connectivity index (χ4v) is 6.11. The van der Waals surface area contributed by atoms with Crippen LogP contribution in [0, 0.1) is 17.3 Å². The van der Waals surface area contributed by atoms with Gasteiger partial charge in [0.2, 0.25) is 0 Å². The molecule has 0 bridgehead atoms. The Morgan fingerprint density at radius 3 is 2.75 bits per heavy atom. The number of aliphatic hydroxyl groups is 1. The van der Waals surface area contributed by atoms with Crippen LogP contribution in [-0.4, -0.2) is 21.0 Å². The molecule has 24 heavy (non-hydrogen) atoms. The van der Waals surface area contributed by atoms with Crippen molar-refractivity contribution in [2.45, 2.75) is 57.5 Å². The number of hydrogen-bond donors (Lipinski definition) is 3. The minimum Gasteiger partial charge on any atom is -0.404 e. The lowest BCUT2D eigenvalue weighted by Crippen LogP contribution is -2.43. The van der Waals surface area contributed by atoms with E-state index in [2.05, 4.69) is 6.92 Å². The van der Waals surface area contributed by atoms with Crippen molar-refractivity contribution in [3.05, 3.63) is 29.3 Å². The zero-order valence-electron chi connectivity index (χ0n) is 13.9. The highest BCUT2D eigenvalue weighted by Gasteiger charge is 2.54. The number of aliphatic hydroxyl groups excluding tert-OH is 1. The molecule has 1 aromatic carbocycles. The van der Waals surface area contributed by atoms with E-state index in [9.17, 15) is 9.67 Å². The largest absolute Gasteiger partial charge is 0.524 e. The van der Waals surface area contributed by atoms with Crippen LogP contribution in [0.1, 0.15) is 56.1 Å². The molecule has 2 fully saturated rings. The SMILES string of the molecule is CC12CCC3c4ccc(OP(=O)(O)O)cc4CCC3C1CCC2O. The summed E-state index contributed by atoms with van der Waals surface area (Å²) >= 11 is 0. The van der Waals surface area contributed by atoms with Crippen molar-refractivity contribution in [3.8, 4) is 5.75 Å². The molecule has 4 rings (SSSR count). The van der Waals surface area contributed by atoms with Crippen LogP contribution in [0.15, 0.2) is 18.2 Å². The summed E-state index contributed by atoms with van der Waals surface area (Å²) in [6, 6.07) is 5.46. The third-order valence-corrected chi connectivity index (χ3v) is 7.32. The fourth-order valence-electron chi connectivity index (χ4n) is 5.73. The molecule has 6 heteroatoms. The summed E-state index contributed by atoms with van der Waals surface area (Å²) in [7, 11) is -4.51. The summed E-state index contributed by atoms with van der Waals surface area (Å²) in [5, 5.41) is 10.4. The van der Waals surface area contributed by atoms with Gasteiger partial charge in [0.25, 0.3) is 0 Å². The second-order valence-electron chi connectivity index (χ2n) is 8.00. The van der Waals surface area contributed by atoms with Crippen LogP contribution < -0.4 is 4.52 Å². The standard InChI is InChI=1S/C18H25O5P/c1-18-9-8-14-13-5-3-12(23-24(20,21)22)10-11(13)2-4-15(14)16(18)6-7-17(18)19/h3,5,10,14-17,19H,2,4,6-9H2,1H3,(H2,20,21,22). The minimum atomic E-state index is -4.51. The van der Waals surface area contributed by atoms with Gasteiger partial charge in [-0.2, -0.15) is 0 Å². The van der Waals surface area contributed by atoms with Gasteiger partial charge in [-0.1, -0.05) is 13.0 Å². The van der Waals surface area contributed by atoms with Gasteiger partial charge in [-0.3, -0.25) is 9.79 Å². The number of phosphoric ester groups is 1. The molecule has 3 N–H and O–H groups in total. The summed E-state index contributed by atoms with van der Waals surface area (Å²) in [4.78, 5) is 18.0. The topological polar surface area (TPSA) is 87.0 Å². The monoisotopic (exact) mass is 352 g/mol. The molecule has 5 nitrogen and oxygen atoms in total. The average Bonchev–Trinajstić information content (AvgIpc) is 2.81. The number of phosphoric acid groups is 1. The predicted molar refractivity (Wildman–Crippen MR) is 89.7 cm³/mol. The van der Waals surface area contributed by atoms with E-state index in [4.69, 9.17) is 14.3 Å². The molecule has 0 heterocycles. The van der Waals surface area contributed by atoms with Gasteiger partial charge in [0.05, 0.1) is 6.10 Å². The minimum absolute atomic E-state index is 0.0716. The number of hydrogen-bond acceptors (Lipinski definition) is 3. The van der Waals surface area contributed by atoms with Crippen LogP contribution in [0.3, 0.4) is 0 Å². The summed E-state index contributed by atoms with van der Waals surface area (Å²) in [6.07, 6.45) is 6.02. The van der Waals surface area contributed by atoms with Crippen LogP contribution >= 0.6 is 7.82 Å². The highest BCUT2D eigenvalue weighted by atomic mass is 31.2. The van der Waals surface area contributed by atoms with E-state index in [0.29, 0.717) is 17.8 Å². The lowest BCUT2D eigenvalue weighted by atomic mass is 9.55. The Labute approximate surface area is 142 Å². The molecule has 5 unspecified atom stereocenters. The molecule has 0 saturated heterocycles. The second-order valence-corrected chi connectivity index (χ2v) is 9.16. The van der Waals surface area contributed by atoms with E-state index in [1.54, 1.807) is 12.1 Å². The third-order valence-electron chi connectivity index (χ3n) is 6.87. The Balaban J connectivity index is 1.62.